The number of nitrogens with one attached hydrogen (secondary N) is 2. The van der Waals surface area contributed by atoms with E-state index < -0.39 is 19.9 Å². The fourth-order valence-corrected chi connectivity index (χ4v) is 4.95. The van der Waals surface area contributed by atoms with Gasteiger partial charge in [0.1, 0.15) is 4.90 Å². The van der Waals surface area contributed by atoms with Crippen LogP contribution < -0.4 is 10.0 Å². The molecule has 9 heteroatoms. The van der Waals surface area contributed by atoms with E-state index in [9.17, 15) is 16.8 Å². The van der Waals surface area contributed by atoms with Crippen molar-refractivity contribution >= 4 is 19.9 Å². The van der Waals surface area contributed by atoms with Gasteiger partial charge in [-0.3, -0.25) is 0 Å². The van der Waals surface area contributed by atoms with Crippen LogP contribution in [0.3, 0.4) is 0 Å². The van der Waals surface area contributed by atoms with Gasteiger partial charge in [-0.2, -0.15) is 0 Å². The second-order valence-electron chi connectivity index (χ2n) is 6.03. The van der Waals surface area contributed by atoms with E-state index >= 15 is 0 Å². The third-order valence-electron chi connectivity index (χ3n) is 4.19. The van der Waals surface area contributed by atoms with Crippen LogP contribution in [0.5, 0.6) is 0 Å². The molecule has 0 amide bonds. The number of hydrogen-bond acceptors (Lipinski definition) is 6. The highest BCUT2D eigenvalue weighted by atomic mass is 32.2. The standard InChI is InChI=1S/C13H19N3O4S2/c1-21(17,18)13-5-4-12(8-14-13)22(19,20)16-11-6-9-2-3-10(7-11)15-9/h4-5,8-11,15-16H,2-3,6-7H2,1H3. The number of aromatic nitrogens is 1. The third-order valence-corrected chi connectivity index (χ3v) is 6.70. The molecule has 2 N–H and O–H groups in total. The Bertz CT molecular complexity index is 747. The van der Waals surface area contributed by atoms with Gasteiger partial charge in [-0.1, -0.05) is 0 Å². The van der Waals surface area contributed by atoms with Crippen molar-refractivity contribution in [3.05, 3.63) is 18.3 Å². The first kappa shape index (κ1) is 15.9. The van der Waals surface area contributed by atoms with Crippen molar-refractivity contribution in [1.29, 1.82) is 0 Å². The number of fused-ring (bicyclic) bond motifs is 2. The van der Waals surface area contributed by atoms with Gasteiger partial charge in [0, 0.05) is 30.6 Å². The van der Waals surface area contributed by atoms with Crippen molar-refractivity contribution in [2.75, 3.05) is 6.26 Å². The largest absolute Gasteiger partial charge is 0.311 e. The van der Waals surface area contributed by atoms with Crippen molar-refractivity contribution in [3.63, 3.8) is 0 Å². The van der Waals surface area contributed by atoms with Crippen LogP contribution in [-0.4, -0.2) is 46.2 Å². The first-order chi connectivity index (χ1) is 10.2. The van der Waals surface area contributed by atoms with Gasteiger partial charge in [0.15, 0.2) is 14.9 Å². The maximum absolute atomic E-state index is 12.4. The average Bonchev–Trinajstić information content (AvgIpc) is 2.77. The molecule has 0 spiro atoms. The molecule has 3 heterocycles. The molecular weight excluding hydrogens is 326 g/mol. The molecule has 0 aromatic carbocycles. The molecule has 0 saturated carbocycles. The van der Waals surface area contributed by atoms with E-state index in [0.717, 1.165) is 38.1 Å². The summed E-state index contributed by atoms with van der Waals surface area (Å²) < 4.78 is 50.2. The van der Waals surface area contributed by atoms with Crippen LogP contribution in [0.1, 0.15) is 25.7 Å². The number of piperidine rings is 1. The zero-order chi connectivity index (χ0) is 16.0. The van der Waals surface area contributed by atoms with E-state index in [0.29, 0.717) is 12.1 Å². The molecule has 1 aromatic rings. The van der Waals surface area contributed by atoms with E-state index in [1.807, 2.05) is 0 Å². The number of pyridine rings is 1. The molecule has 2 aliphatic heterocycles. The van der Waals surface area contributed by atoms with Crippen LogP contribution in [0.2, 0.25) is 0 Å². The van der Waals surface area contributed by atoms with Crippen molar-refractivity contribution in [2.24, 2.45) is 0 Å². The number of nitrogens with zero attached hydrogens (tertiary/aromatic N) is 1. The van der Waals surface area contributed by atoms with Gasteiger partial charge in [0.25, 0.3) is 0 Å². The van der Waals surface area contributed by atoms with Crippen molar-refractivity contribution in [1.82, 2.24) is 15.0 Å². The van der Waals surface area contributed by atoms with Crippen LogP contribution in [0.25, 0.3) is 0 Å². The zero-order valence-corrected chi connectivity index (χ0v) is 13.8. The first-order valence-electron chi connectivity index (χ1n) is 7.18. The lowest BCUT2D eigenvalue weighted by Crippen LogP contribution is -2.47. The zero-order valence-electron chi connectivity index (χ0n) is 12.2. The molecule has 0 radical (unpaired) electrons. The molecule has 2 saturated heterocycles. The van der Waals surface area contributed by atoms with Crippen molar-refractivity contribution < 1.29 is 16.8 Å². The van der Waals surface area contributed by atoms with Crippen LogP contribution in [0.15, 0.2) is 28.3 Å². The number of sulfone groups is 1. The molecule has 0 aliphatic carbocycles. The van der Waals surface area contributed by atoms with Gasteiger partial charge in [-0.15, -0.1) is 0 Å². The third kappa shape index (κ3) is 3.32. The minimum Gasteiger partial charge on any atom is -0.311 e. The molecule has 22 heavy (non-hydrogen) atoms. The van der Waals surface area contributed by atoms with E-state index in [4.69, 9.17) is 0 Å². The van der Waals surface area contributed by atoms with Crippen LogP contribution in [-0.2, 0) is 19.9 Å². The lowest BCUT2D eigenvalue weighted by molar-refractivity contribution is 0.345. The van der Waals surface area contributed by atoms with Crippen molar-refractivity contribution in [2.45, 2.75) is 53.7 Å². The van der Waals surface area contributed by atoms with Gasteiger partial charge in [-0.25, -0.2) is 26.5 Å². The Morgan fingerprint density at radius 3 is 2.27 bits per heavy atom. The van der Waals surface area contributed by atoms with Gasteiger partial charge in [0.05, 0.1) is 0 Å². The van der Waals surface area contributed by atoms with Gasteiger partial charge in [0.2, 0.25) is 10.0 Å². The highest BCUT2D eigenvalue weighted by molar-refractivity contribution is 7.90. The summed E-state index contributed by atoms with van der Waals surface area (Å²) in [5, 5.41) is 3.32. The molecule has 2 aliphatic rings. The molecule has 2 bridgehead atoms. The molecule has 2 fully saturated rings. The van der Waals surface area contributed by atoms with Crippen LogP contribution in [0, 0.1) is 0 Å². The molecule has 122 valence electrons. The number of rotatable bonds is 4. The summed E-state index contributed by atoms with van der Waals surface area (Å²) in [6.07, 6.45) is 5.87. The highest BCUT2D eigenvalue weighted by Crippen LogP contribution is 2.27. The normalized spacial score (nSPS) is 28.7. The smallest absolute Gasteiger partial charge is 0.242 e. The van der Waals surface area contributed by atoms with Gasteiger partial charge in [-0.05, 0) is 37.8 Å². The fourth-order valence-electron chi connectivity index (χ4n) is 3.19. The molecular formula is C13H19N3O4S2. The molecule has 2 atom stereocenters. The van der Waals surface area contributed by atoms with E-state index in [1.165, 1.54) is 12.1 Å². The van der Waals surface area contributed by atoms with Crippen molar-refractivity contribution in [3.8, 4) is 0 Å². The topological polar surface area (TPSA) is 105 Å². The molecule has 1 aromatic heterocycles. The highest BCUT2D eigenvalue weighted by Gasteiger charge is 2.35. The van der Waals surface area contributed by atoms with Gasteiger partial charge >= 0.3 is 0 Å². The quantitative estimate of drug-likeness (QED) is 0.799. The Labute approximate surface area is 130 Å². The maximum Gasteiger partial charge on any atom is 0.242 e. The lowest BCUT2D eigenvalue weighted by atomic mass is 10.0. The van der Waals surface area contributed by atoms with E-state index in [-0.39, 0.29) is 16.0 Å². The summed E-state index contributed by atoms with van der Waals surface area (Å²) in [5.74, 6) is 0. The summed E-state index contributed by atoms with van der Waals surface area (Å²) in [7, 11) is -7.11. The number of sulfonamides is 1. The summed E-state index contributed by atoms with van der Waals surface area (Å²) in [4.78, 5) is 3.72. The minimum atomic E-state index is -3.68. The van der Waals surface area contributed by atoms with Crippen LogP contribution in [0.4, 0.5) is 0 Å². The minimum absolute atomic E-state index is 0.00854. The molecule has 7 nitrogen and oxygen atoms in total. The fraction of sp³-hybridized carbons (Fsp3) is 0.615. The summed E-state index contributed by atoms with van der Waals surface area (Å²) in [5.41, 5.74) is 0. The monoisotopic (exact) mass is 345 g/mol. The SMILES string of the molecule is CS(=O)(=O)c1ccc(S(=O)(=O)NC2CC3CCC(C2)N3)cn1. The lowest BCUT2D eigenvalue weighted by Gasteiger charge is -2.29. The Balaban J connectivity index is 1.75. The van der Waals surface area contributed by atoms with Crippen LogP contribution >= 0.6 is 0 Å². The molecule has 2 unspecified atom stereocenters. The molecule has 3 rings (SSSR count). The Morgan fingerprint density at radius 2 is 1.77 bits per heavy atom. The maximum atomic E-state index is 12.4. The first-order valence-corrected chi connectivity index (χ1v) is 10.6. The Morgan fingerprint density at radius 1 is 1.14 bits per heavy atom. The Hall–Kier alpha value is -1.03. The second-order valence-corrected chi connectivity index (χ2v) is 9.71. The predicted octanol–water partition coefficient (Wildman–Crippen LogP) is 0.0464. The average molecular weight is 345 g/mol. The predicted molar refractivity (Wildman–Crippen MR) is 80.6 cm³/mol. The summed E-state index contributed by atoms with van der Waals surface area (Å²) in [6.45, 7) is 0. The summed E-state index contributed by atoms with van der Waals surface area (Å²) >= 11 is 0. The van der Waals surface area contributed by atoms with Gasteiger partial charge < -0.3 is 5.32 Å². The Kier molecular flexibility index (Phi) is 4.00. The van der Waals surface area contributed by atoms with E-state index in [2.05, 4.69) is 15.0 Å². The number of hydrogen-bond donors (Lipinski definition) is 2. The second kappa shape index (κ2) is 5.55. The van der Waals surface area contributed by atoms with E-state index in [1.54, 1.807) is 0 Å². The summed E-state index contributed by atoms with van der Waals surface area (Å²) in [6, 6.07) is 3.19.